The van der Waals surface area contributed by atoms with Crippen LogP contribution < -0.4 is 11.3 Å². The summed E-state index contributed by atoms with van der Waals surface area (Å²) in [7, 11) is 0. The fraction of sp³-hybridized carbons (Fsp3) is 0.0455. The van der Waals surface area contributed by atoms with E-state index in [1.807, 2.05) is 0 Å². The van der Waals surface area contributed by atoms with Crippen LogP contribution in [0.1, 0.15) is 16.1 Å². The number of carbonyl (C=O) groups is 1. The van der Waals surface area contributed by atoms with E-state index in [1.165, 1.54) is 41.3 Å². The Balaban J connectivity index is 1.96. The lowest BCUT2D eigenvalue weighted by Crippen LogP contribution is -2.14. The smallest absolute Gasteiger partial charge is 0.353 e. The molecule has 10 heteroatoms. The number of carboxylic acids is 1. The average molecular weight is 436 g/mol. The Kier molecular flexibility index (Phi) is 4.29. The van der Waals surface area contributed by atoms with Gasteiger partial charge in [-0.2, -0.15) is 0 Å². The van der Waals surface area contributed by atoms with Crippen molar-refractivity contribution in [2.45, 2.75) is 6.54 Å². The second-order valence-electron chi connectivity index (χ2n) is 7.14. The minimum atomic E-state index is -1.39. The quantitative estimate of drug-likeness (QED) is 0.394. The van der Waals surface area contributed by atoms with Crippen LogP contribution in [0.15, 0.2) is 58.2 Å². The number of H-pyrrole nitrogens is 1. The zero-order valence-electron chi connectivity index (χ0n) is 16.2. The molecule has 160 valence electrons. The Morgan fingerprint density at radius 1 is 1.25 bits per heavy atom. The zero-order valence-corrected chi connectivity index (χ0v) is 16.2. The Morgan fingerprint density at radius 2 is 2.06 bits per heavy atom. The van der Waals surface area contributed by atoms with Gasteiger partial charge < -0.3 is 24.8 Å². The molecular formula is C22H14F2N4O4. The second kappa shape index (κ2) is 7.05. The summed E-state index contributed by atoms with van der Waals surface area (Å²) < 4.78 is 36.0. The number of aromatic nitrogens is 3. The summed E-state index contributed by atoms with van der Waals surface area (Å²) in [5.41, 5.74) is 5.13. The number of hydrogen-bond acceptors (Lipinski definition) is 5. The van der Waals surface area contributed by atoms with Gasteiger partial charge in [-0.1, -0.05) is 0 Å². The van der Waals surface area contributed by atoms with Crippen LogP contribution in [-0.2, 0) is 6.54 Å². The van der Waals surface area contributed by atoms with Gasteiger partial charge in [-0.05, 0) is 30.3 Å². The highest BCUT2D eigenvalue weighted by atomic mass is 19.1. The first-order valence-electron chi connectivity index (χ1n) is 9.40. The van der Waals surface area contributed by atoms with Crippen LogP contribution in [0.4, 0.5) is 14.6 Å². The SMILES string of the molecule is Nc1cc(Cn2c(C(=O)O)c(-c3ccc[nH]c3=O)c3c4occc4c(F)cc32)c(F)cn1. The van der Waals surface area contributed by atoms with Gasteiger partial charge in [0, 0.05) is 17.3 Å². The summed E-state index contributed by atoms with van der Waals surface area (Å²) in [6.07, 6.45) is 3.60. The number of benzene rings is 1. The number of rotatable bonds is 4. The number of nitrogens with two attached hydrogens (primary N) is 1. The van der Waals surface area contributed by atoms with Crippen LogP contribution in [0.5, 0.6) is 0 Å². The molecule has 5 aromatic rings. The normalized spacial score (nSPS) is 11.4. The number of nitrogen functional groups attached to an aromatic ring is 1. The highest BCUT2D eigenvalue weighted by Crippen LogP contribution is 2.40. The van der Waals surface area contributed by atoms with Crippen LogP contribution in [0, 0.1) is 11.6 Å². The number of fused-ring (bicyclic) bond motifs is 3. The molecule has 4 N–H and O–H groups in total. The van der Waals surface area contributed by atoms with Gasteiger partial charge in [-0.3, -0.25) is 4.79 Å². The summed E-state index contributed by atoms with van der Waals surface area (Å²) in [6.45, 7) is -0.299. The van der Waals surface area contributed by atoms with Crippen LogP contribution in [0.3, 0.4) is 0 Å². The maximum absolute atomic E-state index is 14.8. The Labute approximate surface area is 177 Å². The molecule has 4 heterocycles. The van der Waals surface area contributed by atoms with Crippen molar-refractivity contribution in [3.8, 4) is 11.1 Å². The fourth-order valence-corrected chi connectivity index (χ4v) is 3.96. The molecule has 0 radical (unpaired) electrons. The molecule has 0 amide bonds. The third-order valence-corrected chi connectivity index (χ3v) is 5.29. The molecule has 0 aliphatic heterocycles. The predicted molar refractivity (Wildman–Crippen MR) is 112 cm³/mol. The Hall–Kier alpha value is -4.47. The van der Waals surface area contributed by atoms with Crippen molar-refractivity contribution in [1.29, 1.82) is 0 Å². The molecule has 0 aliphatic carbocycles. The molecule has 5 rings (SSSR count). The van der Waals surface area contributed by atoms with E-state index in [2.05, 4.69) is 9.97 Å². The van der Waals surface area contributed by atoms with Crippen molar-refractivity contribution >= 4 is 33.7 Å². The topological polar surface area (TPSA) is 127 Å². The van der Waals surface area contributed by atoms with Gasteiger partial charge in [0.15, 0.2) is 0 Å². The van der Waals surface area contributed by atoms with E-state index in [9.17, 15) is 23.5 Å². The summed E-state index contributed by atoms with van der Waals surface area (Å²) in [4.78, 5) is 31.2. The number of anilines is 1. The number of nitrogens with one attached hydrogen (secondary N) is 1. The minimum absolute atomic E-state index is 0.0362. The average Bonchev–Trinajstić information content (AvgIpc) is 3.35. The number of carboxylic acid groups (broad SMARTS) is 1. The highest BCUT2D eigenvalue weighted by molar-refractivity contribution is 6.17. The number of aromatic amines is 1. The van der Waals surface area contributed by atoms with E-state index in [-0.39, 0.29) is 56.6 Å². The van der Waals surface area contributed by atoms with E-state index >= 15 is 0 Å². The molecule has 8 nitrogen and oxygen atoms in total. The third kappa shape index (κ3) is 2.84. The Morgan fingerprint density at radius 3 is 2.81 bits per heavy atom. The second-order valence-corrected chi connectivity index (χ2v) is 7.14. The van der Waals surface area contributed by atoms with Crippen molar-refractivity contribution in [2.24, 2.45) is 0 Å². The summed E-state index contributed by atoms with van der Waals surface area (Å²) in [6, 6.07) is 6.81. The lowest BCUT2D eigenvalue weighted by molar-refractivity contribution is 0.0687. The van der Waals surface area contributed by atoms with E-state index in [1.54, 1.807) is 0 Å². The maximum Gasteiger partial charge on any atom is 0.353 e. The number of hydrogen-bond donors (Lipinski definition) is 3. The molecule has 0 saturated heterocycles. The van der Waals surface area contributed by atoms with Crippen LogP contribution in [0.2, 0.25) is 0 Å². The van der Waals surface area contributed by atoms with Crippen molar-refractivity contribution < 1.29 is 23.1 Å². The van der Waals surface area contributed by atoms with Gasteiger partial charge in [0.2, 0.25) is 0 Å². The summed E-state index contributed by atoms with van der Waals surface area (Å²) in [5.74, 6) is -2.72. The van der Waals surface area contributed by atoms with E-state index in [0.29, 0.717) is 0 Å². The van der Waals surface area contributed by atoms with Gasteiger partial charge in [0.05, 0.1) is 40.9 Å². The zero-order chi connectivity index (χ0) is 22.6. The molecule has 32 heavy (non-hydrogen) atoms. The van der Waals surface area contributed by atoms with Crippen LogP contribution in [-0.4, -0.2) is 25.6 Å². The first kappa shape index (κ1) is 19.5. The monoisotopic (exact) mass is 436 g/mol. The minimum Gasteiger partial charge on any atom is -0.477 e. The van der Waals surface area contributed by atoms with Crippen molar-refractivity contribution in [2.75, 3.05) is 5.73 Å². The highest BCUT2D eigenvalue weighted by Gasteiger charge is 2.29. The van der Waals surface area contributed by atoms with Gasteiger partial charge >= 0.3 is 5.97 Å². The van der Waals surface area contributed by atoms with E-state index < -0.39 is 23.2 Å². The molecule has 0 bridgehead atoms. The van der Waals surface area contributed by atoms with Crippen LogP contribution >= 0.6 is 0 Å². The molecule has 0 saturated carbocycles. The lowest BCUT2D eigenvalue weighted by atomic mass is 10.0. The van der Waals surface area contributed by atoms with E-state index in [4.69, 9.17) is 10.2 Å². The number of aromatic carboxylic acids is 1. The number of nitrogens with zero attached hydrogens (tertiary/aromatic N) is 2. The van der Waals surface area contributed by atoms with Crippen molar-refractivity contribution in [3.05, 3.63) is 82.2 Å². The van der Waals surface area contributed by atoms with Crippen LogP contribution in [0.25, 0.3) is 33.0 Å². The number of furan rings is 1. The molecule has 0 atom stereocenters. The first-order valence-corrected chi connectivity index (χ1v) is 9.40. The molecule has 1 aromatic carbocycles. The summed E-state index contributed by atoms with van der Waals surface area (Å²) >= 11 is 0. The van der Waals surface area contributed by atoms with Gasteiger partial charge in [-0.25, -0.2) is 18.6 Å². The van der Waals surface area contributed by atoms with Gasteiger partial charge in [0.25, 0.3) is 5.56 Å². The predicted octanol–water partition coefficient (Wildman–Crippen LogP) is 3.74. The Bertz CT molecular complexity index is 1600. The van der Waals surface area contributed by atoms with E-state index in [0.717, 1.165) is 12.3 Å². The summed E-state index contributed by atoms with van der Waals surface area (Å²) in [5, 5.41) is 10.5. The first-order chi connectivity index (χ1) is 15.4. The molecular weight excluding hydrogens is 422 g/mol. The standard InChI is InChI=1S/C22H14F2N4O4/c23-13-7-15-18(20-11(13)3-5-32-20)17(12-2-1-4-26-21(12)29)19(22(30)31)28(15)9-10-6-16(25)27-8-14(10)24/h1-8H,9H2,(H2,25,27)(H,26,29)(H,30,31). The molecule has 0 spiro atoms. The lowest BCUT2D eigenvalue weighted by Gasteiger charge is -2.11. The van der Waals surface area contributed by atoms with Crippen molar-refractivity contribution in [3.63, 3.8) is 0 Å². The maximum atomic E-state index is 14.8. The van der Waals surface area contributed by atoms with Gasteiger partial charge in [-0.15, -0.1) is 0 Å². The third-order valence-electron chi connectivity index (χ3n) is 5.29. The van der Waals surface area contributed by atoms with Gasteiger partial charge in [0.1, 0.15) is 28.7 Å². The van der Waals surface area contributed by atoms with Crippen molar-refractivity contribution in [1.82, 2.24) is 14.5 Å². The number of pyridine rings is 2. The fourth-order valence-electron chi connectivity index (χ4n) is 3.96. The largest absolute Gasteiger partial charge is 0.477 e. The molecule has 0 unspecified atom stereocenters. The molecule has 0 fully saturated rings. The number of halogens is 2. The molecule has 4 aromatic heterocycles. The molecule has 0 aliphatic rings.